The number of unbranched alkanes of at least 4 members (excludes halogenated alkanes) is 14. The van der Waals surface area contributed by atoms with E-state index in [9.17, 15) is 0 Å². The van der Waals surface area contributed by atoms with E-state index in [1.165, 1.54) is 113 Å². The summed E-state index contributed by atoms with van der Waals surface area (Å²) in [5.41, 5.74) is 4.04. The molecule has 0 saturated heterocycles. The van der Waals surface area contributed by atoms with E-state index < -0.39 is 0 Å². The van der Waals surface area contributed by atoms with Crippen LogP contribution < -0.4 is 59.1 Å². The second kappa shape index (κ2) is 22.9. The molecule has 0 bridgehead atoms. The molecular weight excluding hydrogens is 406 g/mol. The molecule has 0 radical (unpaired) electrons. The van der Waals surface area contributed by atoms with Crippen LogP contribution in [0.5, 0.6) is 0 Å². The van der Waals surface area contributed by atoms with Crippen LogP contribution in [0.4, 0.5) is 0 Å². The van der Waals surface area contributed by atoms with Crippen molar-refractivity contribution < 1.29 is 62.0 Å². The van der Waals surface area contributed by atoms with Gasteiger partial charge in [0.15, 0.2) is 0 Å². The van der Waals surface area contributed by atoms with Crippen molar-refractivity contribution >= 4 is 5.57 Å². The van der Waals surface area contributed by atoms with E-state index in [1.807, 2.05) is 0 Å². The summed E-state index contributed by atoms with van der Waals surface area (Å²) in [5.74, 6) is 0. The number of allylic oxidation sites excluding steroid dienone is 1. The minimum absolute atomic E-state index is 0. The van der Waals surface area contributed by atoms with Crippen molar-refractivity contribution in [2.75, 3.05) is 0 Å². The van der Waals surface area contributed by atoms with Crippen molar-refractivity contribution in [3.05, 3.63) is 77.9 Å². The van der Waals surface area contributed by atoms with Crippen LogP contribution in [-0.4, -0.2) is 0 Å². The van der Waals surface area contributed by atoms with E-state index >= 15 is 0 Å². The van der Waals surface area contributed by atoms with Crippen LogP contribution in [-0.2, 0) is 0 Å². The summed E-state index contributed by atoms with van der Waals surface area (Å²) < 4.78 is 0. The van der Waals surface area contributed by atoms with Crippen molar-refractivity contribution in [2.45, 2.75) is 103 Å². The molecule has 0 spiro atoms. The molecule has 0 aliphatic carbocycles. The maximum absolute atomic E-state index is 2.45. The van der Waals surface area contributed by atoms with Crippen LogP contribution in [0, 0.1) is 0 Å². The van der Waals surface area contributed by atoms with Crippen molar-refractivity contribution in [3.8, 4) is 0 Å². The summed E-state index contributed by atoms with van der Waals surface area (Å²) in [4.78, 5) is 0. The van der Waals surface area contributed by atoms with Gasteiger partial charge in [0, 0.05) is 0 Å². The molecule has 2 aromatic rings. The molecule has 0 aliphatic heterocycles. The van der Waals surface area contributed by atoms with Crippen molar-refractivity contribution in [2.24, 2.45) is 0 Å². The number of rotatable bonds is 17. The average Bonchev–Trinajstić information content (AvgIpc) is 2.80. The predicted molar refractivity (Wildman–Crippen MR) is 137 cm³/mol. The number of benzene rings is 2. The Kier molecular flexibility index (Phi) is 23.1. The van der Waals surface area contributed by atoms with Gasteiger partial charge in [-0.05, 0) is 29.5 Å². The zero-order valence-corrected chi connectivity index (χ0v) is 25.5. The first-order chi connectivity index (χ1) is 14.9. The van der Waals surface area contributed by atoms with Gasteiger partial charge in [0.25, 0.3) is 0 Å². The molecule has 2 aromatic carbocycles. The Morgan fingerprint density at radius 1 is 0.531 bits per heavy atom. The molecule has 168 valence electrons. The molecule has 2 heteroatoms. The smallest absolute Gasteiger partial charge is 1.00 e. The van der Waals surface area contributed by atoms with Gasteiger partial charge < -0.3 is 2.85 Å². The van der Waals surface area contributed by atoms with Gasteiger partial charge in [-0.3, -0.25) is 0 Å². The van der Waals surface area contributed by atoms with Crippen LogP contribution >= 0.6 is 0 Å². The molecule has 0 N–H and O–H groups in total. The molecule has 0 fully saturated rings. The Bertz CT molecular complexity index is 633. The van der Waals surface area contributed by atoms with Crippen LogP contribution in [0.1, 0.15) is 117 Å². The van der Waals surface area contributed by atoms with Crippen LogP contribution in [0.15, 0.2) is 66.7 Å². The third-order valence-corrected chi connectivity index (χ3v) is 6.08. The van der Waals surface area contributed by atoms with Crippen molar-refractivity contribution in [1.82, 2.24) is 0 Å². The fourth-order valence-electron chi connectivity index (χ4n) is 4.22. The Balaban J connectivity index is -0.00000240. The third kappa shape index (κ3) is 15.2. The Morgan fingerprint density at radius 3 is 1.25 bits per heavy atom. The van der Waals surface area contributed by atoms with Gasteiger partial charge in [0.1, 0.15) is 0 Å². The van der Waals surface area contributed by atoms with E-state index in [1.54, 1.807) is 0 Å². The second-order valence-corrected chi connectivity index (χ2v) is 8.73. The molecule has 2 rings (SSSR count). The topological polar surface area (TPSA) is 0 Å². The molecule has 0 amide bonds. The van der Waals surface area contributed by atoms with Crippen LogP contribution in [0.3, 0.4) is 0 Å². The summed E-state index contributed by atoms with van der Waals surface area (Å²) in [7, 11) is 0. The first-order valence-corrected chi connectivity index (χ1v) is 12.7. The molecule has 0 nitrogen and oxygen atoms in total. The fourth-order valence-corrected chi connectivity index (χ4v) is 4.22. The fraction of sp³-hybridized carbons (Fsp3) is 0.533. The quantitative estimate of drug-likeness (QED) is 0.249. The third-order valence-electron chi connectivity index (χ3n) is 6.08. The predicted octanol–water partition coefficient (Wildman–Crippen LogP) is 4.22. The van der Waals surface area contributed by atoms with Crippen molar-refractivity contribution in [1.29, 1.82) is 0 Å². The summed E-state index contributed by atoms with van der Waals surface area (Å²) in [6.07, 6.45) is 23.5. The molecule has 0 saturated carbocycles. The zero-order valence-electron chi connectivity index (χ0n) is 23.5. The SMILES string of the molecule is CCCCCCCCCCCCCCCCC=C(c1ccccc1)c1ccccc1.[H-].[H-].[Na+].[Na+]. The number of hydrogen-bond acceptors (Lipinski definition) is 0. The Hall–Kier alpha value is 0.180. The number of hydrogen-bond donors (Lipinski definition) is 0. The molecule has 0 heterocycles. The second-order valence-electron chi connectivity index (χ2n) is 8.73. The van der Waals surface area contributed by atoms with Crippen LogP contribution in [0.2, 0.25) is 0 Å². The van der Waals surface area contributed by atoms with Crippen molar-refractivity contribution in [3.63, 3.8) is 0 Å². The monoisotopic (exact) mass is 452 g/mol. The van der Waals surface area contributed by atoms with E-state index in [2.05, 4.69) is 73.7 Å². The Labute approximate surface area is 246 Å². The summed E-state index contributed by atoms with van der Waals surface area (Å²) >= 11 is 0. The largest absolute Gasteiger partial charge is 1.00 e. The maximum atomic E-state index is 2.45. The van der Waals surface area contributed by atoms with E-state index in [4.69, 9.17) is 0 Å². The molecule has 0 unspecified atom stereocenters. The summed E-state index contributed by atoms with van der Waals surface area (Å²) in [5, 5.41) is 0. The molecule has 32 heavy (non-hydrogen) atoms. The summed E-state index contributed by atoms with van der Waals surface area (Å²) in [6.45, 7) is 2.30. The van der Waals surface area contributed by atoms with E-state index in [0.717, 1.165) is 0 Å². The van der Waals surface area contributed by atoms with Gasteiger partial charge in [-0.2, -0.15) is 0 Å². The normalized spacial score (nSPS) is 10.2. The van der Waals surface area contributed by atoms with Gasteiger partial charge in [0.05, 0.1) is 0 Å². The minimum Gasteiger partial charge on any atom is -1.00 e. The molecule has 0 atom stereocenters. The Morgan fingerprint density at radius 2 is 0.875 bits per heavy atom. The maximum Gasteiger partial charge on any atom is 1.00 e. The van der Waals surface area contributed by atoms with Crippen LogP contribution in [0.25, 0.3) is 5.57 Å². The average molecular weight is 453 g/mol. The van der Waals surface area contributed by atoms with Gasteiger partial charge in [0.2, 0.25) is 0 Å². The molecule has 0 aliphatic rings. The molecule has 0 aromatic heterocycles. The van der Waals surface area contributed by atoms with Gasteiger partial charge in [-0.25, -0.2) is 0 Å². The minimum atomic E-state index is 0. The van der Waals surface area contributed by atoms with Gasteiger partial charge in [-0.1, -0.05) is 157 Å². The first kappa shape index (κ1) is 32.2. The zero-order chi connectivity index (χ0) is 21.1. The van der Waals surface area contributed by atoms with E-state index in [0.29, 0.717) is 0 Å². The van der Waals surface area contributed by atoms with Gasteiger partial charge in [-0.15, -0.1) is 0 Å². The first-order valence-electron chi connectivity index (χ1n) is 12.7. The summed E-state index contributed by atoms with van der Waals surface area (Å²) in [6, 6.07) is 21.6. The van der Waals surface area contributed by atoms with E-state index in [-0.39, 0.29) is 62.0 Å². The molecular formula is C30H46Na2. The van der Waals surface area contributed by atoms with Gasteiger partial charge >= 0.3 is 59.1 Å². The standard InChI is InChI=1S/C30H44.2Na.2H/c1-2-3-4-5-6-7-8-9-10-11-12-13-14-15-22-27-30(28-23-18-16-19-24-28)29-25-20-17-21-26-29;;;;/h16-21,23-27H,2-15,22H2,1H3;;;;/q;2*+1;2*-1.